The number of benzene rings is 1. The van der Waals surface area contributed by atoms with E-state index < -0.39 is 15.6 Å². The van der Waals surface area contributed by atoms with E-state index in [2.05, 4.69) is 32.3 Å². The number of pyridine rings is 1. The van der Waals surface area contributed by atoms with Crippen molar-refractivity contribution in [3.8, 4) is 0 Å². The fourth-order valence-electron chi connectivity index (χ4n) is 1.54. The van der Waals surface area contributed by atoms with Crippen LogP contribution in [0.2, 0.25) is 5.02 Å². The fourth-order valence-corrected chi connectivity index (χ4v) is 3.55. The van der Waals surface area contributed by atoms with E-state index in [1.165, 1.54) is 0 Å². The second-order valence-electron chi connectivity index (χ2n) is 4.08. The third kappa shape index (κ3) is 3.33. The maximum atomic E-state index is 12.2. The molecule has 0 atom stereocenters. The van der Waals surface area contributed by atoms with Crippen LogP contribution in [0.25, 0.3) is 0 Å². The number of hydrogen-bond donors (Lipinski definition) is 2. The minimum absolute atomic E-state index is 0.0972. The number of halogens is 2. The van der Waals surface area contributed by atoms with Gasteiger partial charge in [-0.2, -0.15) is 0 Å². The van der Waals surface area contributed by atoms with Gasteiger partial charge in [-0.1, -0.05) is 11.6 Å². The van der Waals surface area contributed by atoms with Crippen molar-refractivity contribution in [1.29, 1.82) is 0 Å². The van der Waals surface area contributed by atoms with Crippen molar-refractivity contribution >= 4 is 49.9 Å². The lowest BCUT2D eigenvalue weighted by atomic mass is 10.2. The molecule has 20 heavy (non-hydrogen) atoms. The number of H-pyrrole nitrogens is 1. The second-order valence-corrected chi connectivity index (χ2v) is 7.41. The Morgan fingerprint density at radius 1 is 1.30 bits per heavy atom. The highest BCUT2D eigenvalue weighted by molar-refractivity contribution is 14.1. The second kappa shape index (κ2) is 5.74. The number of hydrogen-bond acceptors (Lipinski definition) is 3. The SMILES string of the molecule is Cc1cc(I)ccc1NS(=O)(=O)c1c[nH]c(=O)c(Cl)c1. The minimum Gasteiger partial charge on any atom is -0.326 e. The molecular weight excluding hydrogens is 415 g/mol. The summed E-state index contributed by atoms with van der Waals surface area (Å²) in [6, 6.07) is 6.45. The molecule has 2 aromatic rings. The highest BCUT2D eigenvalue weighted by Crippen LogP contribution is 2.21. The van der Waals surface area contributed by atoms with Gasteiger partial charge in [0.05, 0.1) is 5.69 Å². The van der Waals surface area contributed by atoms with Crippen LogP contribution in [-0.4, -0.2) is 13.4 Å². The van der Waals surface area contributed by atoms with Crippen LogP contribution in [0.3, 0.4) is 0 Å². The van der Waals surface area contributed by atoms with Crippen molar-refractivity contribution < 1.29 is 8.42 Å². The topological polar surface area (TPSA) is 79.0 Å². The summed E-state index contributed by atoms with van der Waals surface area (Å²) < 4.78 is 27.9. The molecule has 0 fully saturated rings. The highest BCUT2D eigenvalue weighted by Gasteiger charge is 2.16. The Labute approximate surface area is 134 Å². The Kier molecular flexibility index (Phi) is 4.40. The van der Waals surface area contributed by atoms with Crippen molar-refractivity contribution in [3.05, 3.63) is 55.0 Å². The monoisotopic (exact) mass is 424 g/mol. The molecule has 0 radical (unpaired) electrons. The van der Waals surface area contributed by atoms with E-state index >= 15 is 0 Å². The van der Waals surface area contributed by atoms with Crippen LogP contribution in [-0.2, 0) is 10.0 Å². The summed E-state index contributed by atoms with van der Waals surface area (Å²) in [6.07, 6.45) is 1.11. The van der Waals surface area contributed by atoms with Gasteiger partial charge in [0.25, 0.3) is 15.6 Å². The summed E-state index contributed by atoms with van der Waals surface area (Å²) in [5, 5.41) is -0.174. The first-order valence-corrected chi connectivity index (χ1v) is 8.41. The number of anilines is 1. The van der Waals surface area contributed by atoms with Gasteiger partial charge >= 0.3 is 0 Å². The van der Waals surface area contributed by atoms with Gasteiger partial charge in [0, 0.05) is 9.77 Å². The number of rotatable bonds is 3. The summed E-state index contributed by atoms with van der Waals surface area (Å²) in [5.74, 6) is 0. The molecule has 2 N–H and O–H groups in total. The van der Waals surface area contributed by atoms with Crippen molar-refractivity contribution in [3.63, 3.8) is 0 Å². The largest absolute Gasteiger partial charge is 0.326 e. The molecule has 1 heterocycles. The van der Waals surface area contributed by atoms with Crippen molar-refractivity contribution in [2.24, 2.45) is 0 Å². The molecule has 0 amide bonds. The summed E-state index contributed by atoms with van der Waals surface area (Å²) in [4.78, 5) is 13.3. The normalized spacial score (nSPS) is 11.3. The zero-order valence-corrected chi connectivity index (χ0v) is 14.0. The third-order valence-corrected chi connectivity index (χ3v) is 4.87. The van der Waals surface area contributed by atoms with E-state index in [9.17, 15) is 13.2 Å². The average molecular weight is 425 g/mol. The van der Waals surface area contributed by atoms with Gasteiger partial charge in [0.2, 0.25) is 0 Å². The summed E-state index contributed by atoms with van der Waals surface area (Å²) in [5.41, 5.74) is 0.750. The van der Waals surface area contributed by atoms with E-state index in [-0.39, 0.29) is 9.92 Å². The lowest BCUT2D eigenvalue weighted by Gasteiger charge is -2.10. The van der Waals surface area contributed by atoms with Crippen molar-refractivity contribution in [2.75, 3.05) is 4.72 Å². The molecule has 2 rings (SSSR count). The molecule has 1 aromatic carbocycles. The van der Waals surface area contributed by atoms with E-state index in [4.69, 9.17) is 11.6 Å². The lowest BCUT2D eigenvalue weighted by molar-refractivity contribution is 0.600. The van der Waals surface area contributed by atoms with Crippen LogP contribution < -0.4 is 10.3 Å². The van der Waals surface area contributed by atoms with Crippen LogP contribution in [0.1, 0.15) is 5.56 Å². The van der Waals surface area contributed by atoms with Crippen LogP contribution in [0.5, 0.6) is 0 Å². The first-order valence-electron chi connectivity index (χ1n) is 5.47. The molecule has 0 bridgehead atoms. The summed E-state index contributed by atoms with van der Waals surface area (Å²) in [6.45, 7) is 1.81. The van der Waals surface area contributed by atoms with Crippen LogP contribution >= 0.6 is 34.2 Å². The lowest BCUT2D eigenvalue weighted by Crippen LogP contribution is -2.16. The van der Waals surface area contributed by atoms with E-state index in [1.807, 2.05) is 6.07 Å². The van der Waals surface area contributed by atoms with Crippen molar-refractivity contribution in [1.82, 2.24) is 4.98 Å². The van der Waals surface area contributed by atoms with E-state index in [0.29, 0.717) is 5.69 Å². The smallest absolute Gasteiger partial charge is 0.266 e. The Balaban J connectivity index is 2.40. The van der Waals surface area contributed by atoms with Gasteiger partial charge in [0.15, 0.2) is 0 Å². The Hall–Kier alpha value is -1.06. The minimum atomic E-state index is -3.79. The van der Waals surface area contributed by atoms with Gasteiger partial charge in [0.1, 0.15) is 9.92 Å². The van der Waals surface area contributed by atoms with Gasteiger partial charge in [-0.25, -0.2) is 8.42 Å². The zero-order valence-electron chi connectivity index (χ0n) is 10.3. The molecule has 8 heteroatoms. The van der Waals surface area contributed by atoms with Crippen LogP contribution in [0.4, 0.5) is 5.69 Å². The van der Waals surface area contributed by atoms with Crippen LogP contribution in [0.15, 0.2) is 40.2 Å². The molecule has 0 saturated heterocycles. The first kappa shape index (κ1) is 15.3. The number of aryl methyl sites for hydroxylation is 1. The summed E-state index contributed by atoms with van der Waals surface area (Å²) >= 11 is 7.78. The number of sulfonamides is 1. The predicted molar refractivity (Wildman–Crippen MR) is 86.8 cm³/mol. The first-order chi connectivity index (χ1) is 9.29. The molecule has 0 unspecified atom stereocenters. The highest BCUT2D eigenvalue weighted by atomic mass is 127. The van der Waals surface area contributed by atoms with Gasteiger partial charge in [-0.05, 0) is 59.3 Å². The van der Waals surface area contributed by atoms with Gasteiger partial charge in [-0.3, -0.25) is 9.52 Å². The third-order valence-electron chi connectivity index (χ3n) is 2.57. The molecule has 0 spiro atoms. The molecule has 0 aliphatic heterocycles. The zero-order chi connectivity index (χ0) is 14.9. The number of aromatic amines is 1. The quantitative estimate of drug-likeness (QED) is 0.744. The average Bonchev–Trinajstić information content (AvgIpc) is 2.36. The van der Waals surface area contributed by atoms with Gasteiger partial charge in [-0.15, -0.1) is 0 Å². The van der Waals surface area contributed by atoms with Gasteiger partial charge < -0.3 is 4.98 Å². The molecular formula is C12H10ClIN2O3S. The fraction of sp³-hybridized carbons (Fsp3) is 0.0833. The molecule has 0 aliphatic carbocycles. The summed E-state index contributed by atoms with van der Waals surface area (Å²) in [7, 11) is -3.79. The Morgan fingerprint density at radius 3 is 2.60 bits per heavy atom. The molecule has 0 aliphatic rings. The number of nitrogens with one attached hydrogen (secondary N) is 2. The molecule has 0 saturated carbocycles. The molecule has 106 valence electrons. The van der Waals surface area contributed by atoms with E-state index in [0.717, 1.165) is 21.4 Å². The Morgan fingerprint density at radius 2 is 2.00 bits per heavy atom. The van der Waals surface area contributed by atoms with Crippen molar-refractivity contribution in [2.45, 2.75) is 11.8 Å². The Bertz CT molecular complexity index is 818. The maximum absolute atomic E-state index is 12.2. The van der Waals surface area contributed by atoms with E-state index in [1.54, 1.807) is 19.1 Å². The maximum Gasteiger partial charge on any atom is 0.266 e. The molecule has 1 aromatic heterocycles. The standard InChI is InChI=1S/C12H10ClIN2O3S/c1-7-4-8(14)2-3-11(7)16-20(18,19)9-5-10(13)12(17)15-6-9/h2-6,16H,1H3,(H,15,17). The molecule has 5 nitrogen and oxygen atoms in total. The van der Waals surface area contributed by atoms with Crippen LogP contribution in [0, 0.1) is 10.5 Å². The predicted octanol–water partition coefficient (Wildman–Crippen LogP) is 2.74. The number of aromatic nitrogens is 1.